The molecule has 0 aromatic heterocycles. The van der Waals surface area contributed by atoms with Crippen LogP contribution >= 0.6 is 0 Å². The summed E-state index contributed by atoms with van der Waals surface area (Å²) in [6.07, 6.45) is 9.29. The summed E-state index contributed by atoms with van der Waals surface area (Å²) in [6.45, 7) is 4.45. The fourth-order valence-corrected chi connectivity index (χ4v) is 6.84. The SMILES string of the molecule is C[C@]12CCC(O)CC1CC[C@@H]1[C@H]2C(=O)C[C@]2(C)C(C=O)=CC[C@@H]12. The van der Waals surface area contributed by atoms with Gasteiger partial charge < -0.3 is 5.11 Å². The number of allylic oxidation sites excluding steroid dienone is 2. The molecule has 2 unspecified atom stereocenters. The van der Waals surface area contributed by atoms with Gasteiger partial charge >= 0.3 is 0 Å². The van der Waals surface area contributed by atoms with Gasteiger partial charge in [0, 0.05) is 17.8 Å². The van der Waals surface area contributed by atoms with Crippen molar-refractivity contribution >= 4 is 12.1 Å². The normalized spacial score (nSPS) is 52.2. The van der Waals surface area contributed by atoms with Gasteiger partial charge in [-0.2, -0.15) is 0 Å². The van der Waals surface area contributed by atoms with Crippen molar-refractivity contribution in [2.45, 2.75) is 64.9 Å². The van der Waals surface area contributed by atoms with Crippen LogP contribution in [0.2, 0.25) is 0 Å². The number of carbonyl (C=O) groups excluding carboxylic acids is 2. The van der Waals surface area contributed by atoms with Crippen LogP contribution in [0, 0.1) is 34.5 Å². The molecule has 126 valence electrons. The number of aliphatic hydroxyl groups excluding tert-OH is 1. The Labute approximate surface area is 138 Å². The molecule has 4 rings (SSSR count). The number of hydrogen-bond donors (Lipinski definition) is 1. The molecule has 0 spiro atoms. The van der Waals surface area contributed by atoms with Gasteiger partial charge in [-0.05, 0) is 67.3 Å². The minimum Gasteiger partial charge on any atom is -0.393 e. The number of rotatable bonds is 1. The summed E-state index contributed by atoms with van der Waals surface area (Å²) in [6, 6.07) is 0. The zero-order valence-corrected chi connectivity index (χ0v) is 14.3. The maximum absolute atomic E-state index is 13.2. The number of ketones is 1. The monoisotopic (exact) mass is 316 g/mol. The summed E-state index contributed by atoms with van der Waals surface area (Å²) in [5.41, 5.74) is 0.697. The summed E-state index contributed by atoms with van der Waals surface area (Å²) in [4.78, 5) is 24.6. The van der Waals surface area contributed by atoms with E-state index in [-0.39, 0.29) is 22.9 Å². The first-order chi connectivity index (χ1) is 10.9. The van der Waals surface area contributed by atoms with E-state index in [1.54, 1.807) is 0 Å². The van der Waals surface area contributed by atoms with Crippen LogP contribution in [0.1, 0.15) is 58.8 Å². The molecule has 3 heteroatoms. The van der Waals surface area contributed by atoms with Crippen LogP contribution < -0.4 is 0 Å². The first-order valence-corrected chi connectivity index (χ1v) is 9.27. The molecule has 3 nitrogen and oxygen atoms in total. The van der Waals surface area contributed by atoms with E-state index in [1.807, 2.05) is 0 Å². The average molecular weight is 316 g/mol. The second-order valence-electron chi connectivity index (χ2n) is 9.03. The lowest BCUT2D eigenvalue weighted by atomic mass is 9.44. The van der Waals surface area contributed by atoms with Gasteiger partial charge in [0.15, 0.2) is 0 Å². The molecule has 7 atom stereocenters. The summed E-state index contributed by atoms with van der Waals surface area (Å²) >= 11 is 0. The van der Waals surface area contributed by atoms with Gasteiger partial charge in [0.25, 0.3) is 0 Å². The molecule has 3 fully saturated rings. The predicted octanol–water partition coefficient (Wildman–Crippen LogP) is 3.30. The van der Waals surface area contributed by atoms with Crippen molar-refractivity contribution in [3.05, 3.63) is 11.6 Å². The van der Waals surface area contributed by atoms with E-state index in [4.69, 9.17) is 0 Å². The predicted molar refractivity (Wildman–Crippen MR) is 87.7 cm³/mol. The molecule has 3 saturated carbocycles. The van der Waals surface area contributed by atoms with Crippen molar-refractivity contribution in [2.75, 3.05) is 0 Å². The van der Waals surface area contributed by atoms with Gasteiger partial charge in [0.2, 0.25) is 0 Å². The van der Waals surface area contributed by atoms with Crippen LogP contribution in [-0.4, -0.2) is 23.3 Å². The second-order valence-corrected chi connectivity index (χ2v) is 9.03. The molecule has 0 radical (unpaired) electrons. The maximum Gasteiger partial charge on any atom is 0.146 e. The first kappa shape index (κ1) is 15.6. The van der Waals surface area contributed by atoms with Crippen LogP contribution in [0.15, 0.2) is 11.6 Å². The molecule has 4 aliphatic rings. The molecular formula is C20H28O3. The van der Waals surface area contributed by atoms with Gasteiger partial charge in [0.05, 0.1) is 6.10 Å². The molecule has 0 bridgehead atoms. The number of aldehydes is 1. The van der Waals surface area contributed by atoms with E-state index in [0.29, 0.717) is 30.0 Å². The van der Waals surface area contributed by atoms with Crippen molar-refractivity contribution < 1.29 is 14.7 Å². The van der Waals surface area contributed by atoms with E-state index >= 15 is 0 Å². The van der Waals surface area contributed by atoms with Crippen molar-refractivity contribution in [3.63, 3.8) is 0 Å². The Morgan fingerprint density at radius 2 is 2.04 bits per heavy atom. The number of aliphatic hydroxyl groups is 1. The summed E-state index contributed by atoms with van der Waals surface area (Å²) in [5, 5.41) is 10.1. The Kier molecular flexibility index (Phi) is 3.39. The Morgan fingerprint density at radius 1 is 1.26 bits per heavy atom. The van der Waals surface area contributed by atoms with Crippen LogP contribution in [-0.2, 0) is 9.59 Å². The Balaban J connectivity index is 1.70. The fourth-order valence-electron chi connectivity index (χ4n) is 6.84. The summed E-state index contributed by atoms with van der Waals surface area (Å²) < 4.78 is 0. The van der Waals surface area contributed by atoms with Gasteiger partial charge in [-0.1, -0.05) is 19.9 Å². The smallest absolute Gasteiger partial charge is 0.146 e. The van der Waals surface area contributed by atoms with E-state index in [1.165, 1.54) is 0 Å². The van der Waals surface area contributed by atoms with Crippen molar-refractivity contribution in [1.82, 2.24) is 0 Å². The molecule has 23 heavy (non-hydrogen) atoms. The lowest BCUT2D eigenvalue weighted by Gasteiger charge is -2.59. The molecule has 1 N–H and O–H groups in total. The quantitative estimate of drug-likeness (QED) is 0.755. The van der Waals surface area contributed by atoms with Crippen molar-refractivity contribution in [2.24, 2.45) is 34.5 Å². The van der Waals surface area contributed by atoms with Gasteiger partial charge in [-0.15, -0.1) is 0 Å². The number of Topliss-reactive ketones (excluding diaryl/α,β-unsaturated/α-hetero) is 1. The number of fused-ring (bicyclic) bond motifs is 5. The van der Waals surface area contributed by atoms with Crippen LogP contribution in [0.5, 0.6) is 0 Å². The summed E-state index contributed by atoms with van der Waals surface area (Å²) in [7, 11) is 0. The van der Waals surface area contributed by atoms with Crippen molar-refractivity contribution in [3.8, 4) is 0 Å². The lowest BCUT2D eigenvalue weighted by molar-refractivity contribution is -0.157. The molecule has 0 aliphatic heterocycles. The minimum atomic E-state index is -0.225. The third kappa shape index (κ3) is 1.98. The van der Waals surface area contributed by atoms with Gasteiger partial charge in [-0.25, -0.2) is 0 Å². The molecule has 0 aromatic carbocycles. The van der Waals surface area contributed by atoms with Crippen LogP contribution in [0.3, 0.4) is 0 Å². The Morgan fingerprint density at radius 3 is 2.78 bits per heavy atom. The topological polar surface area (TPSA) is 54.4 Å². The standard InChI is InChI=1S/C20H28O3/c1-19-8-7-14(22)9-12(19)3-5-15-16-6-4-13(11-21)20(16,2)10-17(23)18(15)19/h4,11-12,14-16,18,22H,3,5-10H2,1-2H3/t12?,14?,15-,16-,18-,19-,20+/m0/s1. The summed E-state index contributed by atoms with van der Waals surface area (Å²) in [5.74, 6) is 1.89. The minimum absolute atomic E-state index is 0.0600. The first-order valence-electron chi connectivity index (χ1n) is 9.27. The van der Waals surface area contributed by atoms with E-state index in [0.717, 1.165) is 50.4 Å². The van der Waals surface area contributed by atoms with E-state index < -0.39 is 0 Å². The zero-order valence-electron chi connectivity index (χ0n) is 14.3. The third-order valence-electron chi connectivity index (χ3n) is 8.09. The largest absolute Gasteiger partial charge is 0.393 e. The van der Waals surface area contributed by atoms with Crippen LogP contribution in [0.25, 0.3) is 0 Å². The highest BCUT2D eigenvalue weighted by Crippen LogP contribution is 2.64. The second kappa shape index (κ2) is 5.02. The highest BCUT2D eigenvalue weighted by atomic mass is 16.3. The highest BCUT2D eigenvalue weighted by molar-refractivity contribution is 5.88. The molecule has 0 heterocycles. The van der Waals surface area contributed by atoms with Gasteiger partial charge in [0.1, 0.15) is 12.1 Å². The molecule has 0 saturated heterocycles. The van der Waals surface area contributed by atoms with E-state index in [9.17, 15) is 14.7 Å². The molecular weight excluding hydrogens is 288 g/mol. The molecule has 0 amide bonds. The van der Waals surface area contributed by atoms with Crippen molar-refractivity contribution in [1.29, 1.82) is 0 Å². The lowest BCUT2D eigenvalue weighted by Crippen LogP contribution is -2.57. The number of hydrogen-bond acceptors (Lipinski definition) is 3. The van der Waals surface area contributed by atoms with Crippen LogP contribution in [0.4, 0.5) is 0 Å². The fraction of sp³-hybridized carbons (Fsp3) is 0.800. The zero-order chi connectivity index (χ0) is 16.4. The Bertz CT molecular complexity index is 579. The molecule has 4 aliphatic carbocycles. The Hall–Kier alpha value is -0.960. The van der Waals surface area contributed by atoms with Gasteiger partial charge in [-0.3, -0.25) is 9.59 Å². The number of carbonyl (C=O) groups is 2. The third-order valence-corrected chi connectivity index (χ3v) is 8.09. The highest BCUT2D eigenvalue weighted by Gasteiger charge is 2.61. The average Bonchev–Trinajstić information content (AvgIpc) is 2.83. The maximum atomic E-state index is 13.2. The van der Waals surface area contributed by atoms with E-state index in [2.05, 4.69) is 19.9 Å². The molecule has 0 aromatic rings.